The lowest BCUT2D eigenvalue weighted by molar-refractivity contribution is -0.113. The zero-order valence-corrected chi connectivity index (χ0v) is 20.9. The van der Waals surface area contributed by atoms with Crippen LogP contribution in [0.3, 0.4) is 0 Å². The second-order valence-corrected chi connectivity index (χ2v) is 9.19. The molecular formula is C26H21ClN4O4S. The van der Waals surface area contributed by atoms with E-state index in [1.807, 2.05) is 24.3 Å². The third-order valence-electron chi connectivity index (χ3n) is 5.59. The van der Waals surface area contributed by atoms with Crippen LogP contribution in [0.2, 0.25) is 5.02 Å². The summed E-state index contributed by atoms with van der Waals surface area (Å²) in [6.45, 7) is 0. The van der Waals surface area contributed by atoms with E-state index in [0.717, 1.165) is 22.7 Å². The number of benzene rings is 3. The summed E-state index contributed by atoms with van der Waals surface area (Å²) >= 11 is 7.24. The molecule has 0 bridgehead atoms. The fourth-order valence-electron chi connectivity index (χ4n) is 3.89. The standard InChI is InChI=1S/C26H21ClN4O4S/c1-34-17-10-8-16(9-11-17)31-25(33)24-23(18-5-3-4-6-19(18)29-24)30-26(31)36-14-22(32)28-20-13-15(27)7-12-21(20)35-2/h3-13,29H,14H2,1-2H3,(H,28,32). The van der Waals surface area contributed by atoms with E-state index < -0.39 is 0 Å². The number of amides is 1. The number of thioether (sulfide) groups is 1. The monoisotopic (exact) mass is 520 g/mol. The number of fused-ring (bicyclic) bond motifs is 3. The number of aromatic amines is 1. The first-order valence-electron chi connectivity index (χ1n) is 10.9. The van der Waals surface area contributed by atoms with E-state index in [4.69, 9.17) is 26.1 Å². The molecule has 2 aromatic heterocycles. The van der Waals surface area contributed by atoms with Gasteiger partial charge in [-0.1, -0.05) is 41.6 Å². The Labute approximate surface area is 215 Å². The van der Waals surface area contributed by atoms with Crippen LogP contribution in [0.4, 0.5) is 5.69 Å². The SMILES string of the molecule is COc1ccc(-n2c(SCC(=O)Nc3cc(Cl)ccc3OC)nc3c([nH]c4ccccc43)c2=O)cc1. The van der Waals surface area contributed by atoms with Crippen LogP contribution in [-0.2, 0) is 4.79 Å². The number of rotatable bonds is 7. The number of aromatic nitrogens is 3. The molecule has 5 aromatic rings. The minimum Gasteiger partial charge on any atom is -0.497 e. The minimum absolute atomic E-state index is 0.00608. The van der Waals surface area contributed by atoms with Crippen LogP contribution >= 0.6 is 23.4 Å². The summed E-state index contributed by atoms with van der Waals surface area (Å²) in [6.07, 6.45) is 0. The Morgan fingerprint density at radius 3 is 2.61 bits per heavy atom. The van der Waals surface area contributed by atoms with Crippen LogP contribution in [0.5, 0.6) is 11.5 Å². The second-order valence-electron chi connectivity index (χ2n) is 7.81. The van der Waals surface area contributed by atoms with Crippen LogP contribution in [0.1, 0.15) is 0 Å². The van der Waals surface area contributed by atoms with Crippen LogP contribution < -0.4 is 20.3 Å². The van der Waals surface area contributed by atoms with Gasteiger partial charge in [0.15, 0.2) is 5.16 Å². The number of para-hydroxylation sites is 1. The highest BCUT2D eigenvalue weighted by atomic mass is 35.5. The van der Waals surface area contributed by atoms with Crippen molar-refractivity contribution < 1.29 is 14.3 Å². The summed E-state index contributed by atoms with van der Waals surface area (Å²) in [5.41, 5.74) is 2.56. The number of halogens is 1. The topological polar surface area (TPSA) is 98.2 Å². The molecule has 0 fully saturated rings. The van der Waals surface area contributed by atoms with E-state index in [1.54, 1.807) is 49.6 Å². The number of methoxy groups -OCH3 is 2. The Morgan fingerprint density at radius 2 is 1.86 bits per heavy atom. The molecule has 10 heteroatoms. The average molecular weight is 521 g/mol. The van der Waals surface area contributed by atoms with E-state index in [-0.39, 0.29) is 17.2 Å². The van der Waals surface area contributed by atoms with Gasteiger partial charge in [0.2, 0.25) is 5.91 Å². The Bertz CT molecular complexity index is 1650. The van der Waals surface area contributed by atoms with Gasteiger partial charge in [-0.05, 0) is 48.5 Å². The highest BCUT2D eigenvalue weighted by Crippen LogP contribution is 2.29. The number of hydrogen-bond donors (Lipinski definition) is 2. The van der Waals surface area contributed by atoms with Gasteiger partial charge in [0.05, 0.1) is 31.3 Å². The largest absolute Gasteiger partial charge is 0.497 e. The molecule has 0 unspecified atom stereocenters. The zero-order valence-electron chi connectivity index (χ0n) is 19.4. The number of nitrogens with zero attached hydrogens (tertiary/aromatic N) is 2. The number of H-pyrrole nitrogens is 1. The Morgan fingerprint density at radius 1 is 1.08 bits per heavy atom. The predicted octanol–water partition coefficient (Wildman–Crippen LogP) is 5.27. The molecule has 8 nitrogen and oxygen atoms in total. The lowest BCUT2D eigenvalue weighted by atomic mass is 10.2. The molecule has 0 atom stereocenters. The van der Waals surface area contributed by atoms with E-state index in [2.05, 4.69) is 10.3 Å². The molecule has 1 amide bonds. The third-order valence-corrected chi connectivity index (χ3v) is 6.77. The highest BCUT2D eigenvalue weighted by molar-refractivity contribution is 7.99. The first-order valence-corrected chi connectivity index (χ1v) is 12.3. The first-order chi connectivity index (χ1) is 17.5. The molecule has 0 aliphatic carbocycles. The highest BCUT2D eigenvalue weighted by Gasteiger charge is 2.19. The first kappa shape index (κ1) is 23.8. The van der Waals surface area contributed by atoms with Gasteiger partial charge < -0.3 is 19.8 Å². The number of nitrogens with one attached hydrogen (secondary N) is 2. The normalized spacial score (nSPS) is 11.1. The maximum Gasteiger partial charge on any atom is 0.283 e. The van der Waals surface area contributed by atoms with E-state index in [0.29, 0.717) is 44.1 Å². The molecule has 3 aromatic carbocycles. The number of anilines is 1. The molecule has 0 radical (unpaired) electrons. The molecule has 0 aliphatic rings. The molecule has 0 saturated heterocycles. The third kappa shape index (κ3) is 4.50. The van der Waals surface area contributed by atoms with Crippen LogP contribution in [-0.4, -0.2) is 40.4 Å². The fourth-order valence-corrected chi connectivity index (χ4v) is 4.87. The summed E-state index contributed by atoms with van der Waals surface area (Å²) in [6, 6.07) is 19.7. The number of hydrogen-bond acceptors (Lipinski definition) is 6. The number of carbonyl (C=O) groups is 1. The Kier molecular flexibility index (Phi) is 6.58. The smallest absolute Gasteiger partial charge is 0.283 e. The van der Waals surface area contributed by atoms with Crippen molar-refractivity contribution in [2.45, 2.75) is 5.16 Å². The molecule has 0 saturated carbocycles. The minimum atomic E-state index is -0.296. The van der Waals surface area contributed by atoms with Gasteiger partial charge in [-0.3, -0.25) is 14.2 Å². The summed E-state index contributed by atoms with van der Waals surface area (Å²) in [4.78, 5) is 34.5. The quantitative estimate of drug-likeness (QED) is 0.224. The van der Waals surface area contributed by atoms with Gasteiger partial charge in [0, 0.05) is 15.9 Å². The van der Waals surface area contributed by atoms with Gasteiger partial charge in [0.25, 0.3) is 5.56 Å². The van der Waals surface area contributed by atoms with E-state index in [9.17, 15) is 9.59 Å². The lowest BCUT2D eigenvalue weighted by Crippen LogP contribution is -2.23. The van der Waals surface area contributed by atoms with Gasteiger partial charge >= 0.3 is 0 Å². The van der Waals surface area contributed by atoms with Gasteiger partial charge in [-0.2, -0.15) is 0 Å². The molecule has 2 N–H and O–H groups in total. The van der Waals surface area contributed by atoms with Crippen LogP contribution in [0, 0.1) is 0 Å². The van der Waals surface area contributed by atoms with Crippen molar-refractivity contribution in [1.29, 1.82) is 0 Å². The summed E-state index contributed by atoms with van der Waals surface area (Å²) in [5.74, 6) is 0.864. The molecule has 2 heterocycles. The average Bonchev–Trinajstić information content (AvgIpc) is 3.27. The Hall–Kier alpha value is -3.95. The van der Waals surface area contributed by atoms with Crippen molar-refractivity contribution in [1.82, 2.24) is 14.5 Å². The van der Waals surface area contributed by atoms with E-state index >= 15 is 0 Å². The summed E-state index contributed by atoms with van der Waals surface area (Å²) < 4.78 is 12.1. The number of carbonyl (C=O) groups excluding carboxylic acids is 1. The second kappa shape index (κ2) is 9.96. The van der Waals surface area contributed by atoms with Crippen molar-refractivity contribution in [2.75, 3.05) is 25.3 Å². The van der Waals surface area contributed by atoms with Gasteiger partial charge in [-0.15, -0.1) is 0 Å². The molecule has 182 valence electrons. The fraction of sp³-hybridized carbons (Fsp3) is 0.115. The van der Waals surface area contributed by atoms with Gasteiger partial charge in [0.1, 0.15) is 22.5 Å². The predicted molar refractivity (Wildman–Crippen MR) is 143 cm³/mol. The Balaban J connectivity index is 1.54. The molecular weight excluding hydrogens is 500 g/mol. The molecule has 5 rings (SSSR count). The maximum atomic E-state index is 13.6. The molecule has 36 heavy (non-hydrogen) atoms. The van der Waals surface area contributed by atoms with Crippen molar-refractivity contribution in [3.63, 3.8) is 0 Å². The van der Waals surface area contributed by atoms with Crippen molar-refractivity contribution in [2.24, 2.45) is 0 Å². The zero-order chi connectivity index (χ0) is 25.2. The van der Waals surface area contributed by atoms with E-state index in [1.165, 1.54) is 11.7 Å². The van der Waals surface area contributed by atoms with Crippen LogP contribution in [0.15, 0.2) is 76.7 Å². The summed E-state index contributed by atoms with van der Waals surface area (Å²) in [5, 5.41) is 4.51. The lowest BCUT2D eigenvalue weighted by Gasteiger charge is -2.13. The maximum absolute atomic E-state index is 13.6. The molecule has 0 spiro atoms. The van der Waals surface area contributed by atoms with Crippen molar-refractivity contribution >= 4 is 56.9 Å². The number of ether oxygens (including phenoxy) is 2. The van der Waals surface area contributed by atoms with Crippen LogP contribution in [0.25, 0.3) is 27.6 Å². The van der Waals surface area contributed by atoms with Gasteiger partial charge in [-0.25, -0.2) is 4.98 Å². The molecule has 0 aliphatic heterocycles. The summed E-state index contributed by atoms with van der Waals surface area (Å²) in [7, 11) is 3.09. The van der Waals surface area contributed by atoms with Crippen molar-refractivity contribution in [3.8, 4) is 17.2 Å². The van der Waals surface area contributed by atoms with Crippen molar-refractivity contribution in [3.05, 3.63) is 82.1 Å².